The predicted molar refractivity (Wildman–Crippen MR) is 46.5 cm³/mol. The van der Waals surface area contributed by atoms with Gasteiger partial charge in [-0.2, -0.15) is 0 Å². The molecule has 1 N–H and O–H groups in total. The number of benzene rings is 1. The second-order valence-corrected chi connectivity index (χ2v) is 2.34. The molecule has 2 aromatic rings. The number of carboxylic acids is 1. The summed E-state index contributed by atoms with van der Waals surface area (Å²) >= 11 is 0. The fourth-order valence-corrected chi connectivity index (χ4v) is 1.01. The quantitative estimate of drug-likeness (QED) is 0.713. The molecule has 4 nitrogen and oxygen atoms in total. The van der Waals surface area contributed by atoms with Gasteiger partial charge in [0, 0.05) is 12.3 Å². The third-order valence-corrected chi connectivity index (χ3v) is 1.57. The third-order valence-electron chi connectivity index (χ3n) is 1.57. The van der Waals surface area contributed by atoms with Crippen LogP contribution in [0.3, 0.4) is 0 Å². The molecular formula is C9H6N2O2. The van der Waals surface area contributed by atoms with Crippen LogP contribution in [0, 0.1) is 0 Å². The number of carbonyl (C=O) groups is 1. The minimum absolute atomic E-state index is 0.0130. The largest absolute Gasteiger partial charge is 0.478 e. The van der Waals surface area contributed by atoms with Crippen molar-refractivity contribution in [3.63, 3.8) is 0 Å². The average Bonchev–Trinajstić information content (AvgIpc) is 2.21. The molecule has 0 bridgehead atoms. The molecule has 0 aliphatic carbocycles. The standard InChI is InChI=1S/C9H6N2O2/c12-9(13)6-2-1-3-7-8(6)11-5-4-10-7/h1-5H,(H,12,13)/i3D,4D,5D. The Kier molecular flexibility index (Phi) is 1.07. The number of para-hydroxylation sites is 1. The van der Waals surface area contributed by atoms with Gasteiger partial charge in [-0.1, -0.05) is 6.07 Å². The zero-order valence-corrected chi connectivity index (χ0v) is 6.40. The van der Waals surface area contributed by atoms with Gasteiger partial charge in [0.1, 0.15) is 5.52 Å². The van der Waals surface area contributed by atoms with Crippen LogP contribution in [0.15, 0.2) is 30.5 Å². The number of hydrogen-bond donors (Lipinski definition) is 1. The molecule has 0 fully saturated rings. The number of rotatable bonds is 1. The van der Waals surface area contributed by atoms with Crippen LogP contribution in [0.5, 0.6) is 0 Å². The second kappa shape index (κ2) is 2.82. The molecular weight excluding hydrogens is 168 g/mol. The van der Waals surface area contributed by atoms with Crippen molar-refractivity contribution in [3.8, 4) is 0 Å². The highest BCUT2D eigenvalue weighted by atomic mass is 16.4. The molecule has 13 heavy (non-hydrogen) atoms. The molecule has 64 valence electrons. The SMILES string of the molecule is [2H]c1nc2c([2H])ccc(C(=O)O)c2nc1[2H]. The van der Waals surface area contributed by atoms with Crippen molar-refractivity contribution in [3.05, 3.63) is 36.1 Å². The lowest BCUT2D eigenvalue weighted by atomic mass is 10.2. The smallest absolute Gasteiger partial charge is 0.337 e. The Morgan fingerprint density at radius 1 is 1.46 bits per heavy atom. The molecule has 0 aliphatic rings. The van der Waals surface area contributed by atoms with Gasteiger partial charge in [-0.3, -0.25) is 9.97 Å². The van der Waals surface area contributed by atoms with Crippen LogP contribution < -0.4 is 0 Å². The molecule has 0 atom stereocenters. The van der Waals surface area contributed by atoms with Gasteiger partial charge in [0.15, 0.2) is 0 Å². The van der Waals surface area contributed by atoms with Crippen molar-refractivity contribution < 1.29 is 14.0 Å². The molecule has 0 saturated heterocycles. The van der Waals surface area contributed by atoms with Gasteiger partial charge in [-0.05, 0) is 12.1 Å². The molecule has 0 amide bonds. The van der Waals surface area contributed by atoms with E-state index in [0.717, 1.165) is 0 Å². The number of aromatic nitrogens is 2. The van der Waals surface area contributed by atoms with E-state index in [-0.39, 0.29) is 28.8 Å². The first kappa shape index (κ1) is 4.91. The summed E-state index contributed by atoms with van der Waals surface area (Å²) in [6.07, 6.45) is -0.774. The first-order valence-electron chi connectivity index (χ1n) is 4.98. The molecule has 0 unspecified atom stereocenters. The summed E-state index contributed by atoms with van der Waals surface area (Å²) in [6.45, 7) is 0. The summed E-state index contributed by atoms with van der Waals surface area (Å²) in [7, 11) is 0. The lowest BCUT2D eigenvalue weighted by molar-refractivity contribution is 0.0699. The van der Waals surface area contributed by atoms with Crippen LogP contribution in [0.1, 0.15) is 14.5 Å². The van der Waals surface area contributed by atoms with Crippen LogP contribution in [0.2, 0.25) is 0 Å². The molecule has 2 rings (SSSR count). The molecule has 1 aromatic carbocycles. The van der Waals surface area contributed by atoms with Gasteiger partial charge < -0.3 is 5.11 Å². The van der Waals surface area contributed by atoms with Crippen molar-refractivity contribution >= 4 is 17.0 Å². The van der Waals surface area contributed by atoms with Crippen molar-refractivity contribution in [1.29, 1.82) is 0 Å². The molecule has 0 spiro atoms. The Morgan fingerprint density at radius 3 is 3.00 bits per heavy atom. The van der Waals surface area contributed by atoms with Crippen LogP contribution >= 0.6 is 0 Å². The number of aromatic carboxylic acids is 1. The number of nitrogens with zero attached hydrogens (tertiary/aromatic N) is 2. The van der Waals surface area contributed by atoms with E-state index in [1.165, 1.54) is 12.1 Å². The normalized spacial score (nSPS) is 13.4. The van der Waals surface area contributed by atoms with E-state index in [9.17, 15) is 4.79 Å². The van der Waals surface area contributed by atoms with E-state index in [1.807, 2.05) is 0 Å². The van der Waals surface area contributed by atoms with E-state index in [1.54, 1.807) is 0 Å². The van der Waals surface area contributed by atoms with E-state index >= 15 is 0 Å². The summed E-state index contributed by atoms with van der Waals surface area (Å²) in [5.41, 5.74) is -0.117. The number of hydrogen-bond acceptors (Lipinski definition) is 3. The molecule has 4 heteroatoms. The first-order chi connectivity index (χ1) is 7.50. The van der Waals surface area contributed by atoms with E-state index < -0.39 is 12.1 Å². The average molecular weight is 177 g/mol. The van der Waals surface area contributed by atoms with Gasteiger partial charge >= 0.3 is 5.97 Å². The molecule has 0 radical (unpaired) electrons. The maximum atomic E-state index is 10.9. The van der Waals surface area contributed by atoms with Gasteiger partial charge in [0.2, 0.25) is 0 Å². The van der Waals surface area contributed by atoms with Crippen molar-refractivity contribution in [2.24, 2.45) is 0 Å². The maximum absolute atomic E-state index is 10.9. The van der Waals surface area contributed by atoms with Gasteiger partial charge in [-0.15, -0.1) is 0 Å². The van der Waals surface area contributed by atoms with E-state index in [2.05, 4.69) is 9.97 Å². The lowest BCUT2D eigenvalue weighted by Gasteiger charge is -1.98. The summed E-state index contributed by atoms with van der Waals surface area (Å²) < 4.78 is 22.1. The number of fused-ring (bicyclic) bond motifs is 1. The lowest BCUT2D eigenvalue weighted by Crippen LogP contribution is -1.98. The van der Waals surface area contributed by atoms with E-state index in [0.29, 0.717) is 0 Å². The van der Waals surface area contributed by atoms with Crippen LogP contribution in [-0.2, 0) is 0 Å². The van der Waals surface area contributed by atoms with Gasteiger partial charge in [0.25, 0.3) is 0 Å². The highest BCUT2D eigenvalue weighted by Crippen LogP contribution is 2.12. The van der Waals surface area contributed by atoms with Crippen LogP contribution in [0.25, 0.3) is 11.0 Å². The van der Waals surface area contributed by atoms with Gasteiger partial charge in [-0.25, -0.2) is 4.79 Å². The van der Waals surface area contributed by atoms with Crippen molar-refractivity contribution in [2.45, 2.75) is 0 Å². The van der Waals surface area contributed by atoms with Crippen LogP contribution in [0.4, 0.5) is 0 Å². The zero-order chi connectivity index (χ0) is 11.9. The zero-order valence-electron chi connectivity index (χ0n) is 9.40. The predicted octanol–water partition coefficient (Wildman–Crippen LogP) is 1.33. The number of carboxylic acid groups (broad SMARTS) is 1. The fourth-order valence-electron chi connectivity index (χ4n) is 1.01. The monoisotopic (exact) mass is 177 g/mol. The Morgan fingerprint density at radius 2 is 2.23 bits per heavy atom. The Hall–Kier alpha value is -1.97. The minimum Gasteiger partial charge on any atom is -0.478 e. The molecule has 1 heterocycles. The van der Waals surface area contributed by atoms with Gasteiger partial charge in [0.05, 0.1) is 15.2 Å². The molecule has 0 saturated carbocycles. The van der Waals surface area contributed by atoms with Crippen LogP contribution in [-0.4, -0.2) is 21.0 Å². The summed E-state index contributed by atoms with van der Waals surface area (Å²) in [5, 5.41) is 8.90. The third kappa shape index (κ3) is 1.22. The Balaban J connectivity index is 2.93. The summed E-state index contributed by atoms with van der Waals surface area (Å²) in [5.74, 6) is -1.20. The summed E-state index contributed by atoms with van der Waals surface area (Å²) in [4.78, 5) is 18.2. The van der Waals surface area contributed by atoms with E-state index in [4.69, 9.17) is 9.22 Å². The molecule has 0 aliphatic heterocycles. The Bertz CT molecular complexity index is 601. The topological polar surface area (TPSA) is 63.1 Å². The first-order valence-corrected chi connectivity index (χ1v) is 3.48. The fraction of sp³-hybridized carbons (Fsp3) is 0. The second-order valence-electron chi connectivity index (χ2n) is 2.34. The van der Waals surface area contributed by atoms with Crippen molar-refractivity contribution in [2.75, 3.05) is 0 Å². The highest BCUT2D eigenvalue weighted by Gasteiger charge is 2.08. The summed E-state index contributed by atoms with van der Waals surface area (Å²) in [6, 6.07) is 2.51. The molecule has 1 aromatic heterocycles. The maximum Gasteiger partial charge on any atom is 0.337 e. The van der Waals surface area contributed by atoms with Crippen molar-refractivity contribution in [1.82, 2.24) is 9.97 Å². The highest BCUT2D eigenvalue weighted by molar-refractivity contribution is 6.00. The minimum atomic E-state index is -1.20. The Labute approximate surface area is 78.1 Å².